The summed E-state index contributed by atoms with van der Waals surface area (Å²) < 4.78 is 10.8. The van der Waals surface area contributed by atoms with Crippen LogP contribution >= 0.6 is 11.3 Å². The van der Waals surface area contributed by atoms with Crippen molar-refractivity contribution >= 4 is 27.5 Å². The van der Waals surface area contributed by atoms with Crippen molar-refractivity contribution in [3.8, 4) is 16.2 Å². The SMILES string of the molecule is CCOC(=O)CN(Cc1nc2cc(-c3ccc(OC)cc3)sc2c(=O)[nH]1)C(C)C. The van der Waals surface area contributed by atoms with Gasteiger partial charge in [0.25, 0.3) is 5.56 Å². The second kappa shape index (κ2) is 9.19. The van der Waals surface area contributed by atoms with Gasteiger partial charge in [-0.15, -0.1) is 11.3 Å². The van der Waals surface area contributed by atoms with E-state index in [4.69, 9.17) is 9.47 Å². The highest BCUT2D eigenvalue weighted by atomic mass is 32.1. The molecule has 2 aromatic heterocycles. The van der Waals surface area contributed by atoms with Gasteiger partial charge in [0.15, 0.2) is 0 Å². The molecule has 0 aliphatic rings. The van der Waals surface area contributed by atoms with Crippen molar-refractivity contribution in [1.29, 1.82) is 0 Å². The average molecular weight is 416 g/mol. The number of hydrogen-bond acceptors (Lipinski definition) is 7. The molecule has 0 atom stereocenters. The Balaban J connectivity index is 1.88. The minimum Gasteiger partial charge on any atom is -0.497 e. The summed E-state index contributed by atoms with van der Waals surface area (Å²) in [5.74, 6) is 1.02. The lowest BCUT2D eigenvalue weighted by Gasteiger charge is -2.24. The molecule has 1 aromatic carbocycles. The van der Waals surface area contributed by atoms with E-state index in [1.54, 1.807) is 14.0 Å². The lowest BCUT2D eigenvalue weighted by molar-refractivity contribution is -0.145. The van der Waals surface area contributed by atoms with Crippen LogP contribution in [0.4, 0.5) is 0 Å². The Morgan fingerprint density at radius 3 is 2.62 bits per heavy atom. The highest BCUT2D eigenvalue weighted by Crippen LogP contribution is 2.31. The van der Waals surface area contributed by atoms with Crippen LogP contribution in [0.25, 0.3) is 20.7 Å². The fraction of sp³-hybridized carbons (Fsp3) is 0.381. The molecule has 0 bridgehead atoms. The smallest absolute Gasteiger partial charge is 0.320 e. The number of nitrogens with one attached hydrogen (secondary N) is 1. The molecule has 0 spiro atoms. The summed E-state index contributed by atoms with van der Waals surface area (Å²) in [5.41, 5.74) is 1.48. The number of carbonyl (C=O) groups is 1. The van der Waals surface area contributed by atoms with Crippen LogP contribution in [-0.4, -0.2) is 47.1 Å². The number of aromatic amines is 1. The summed E-state index contributed by atoms with van der Waals surface area (Å²) in [6, 6.07) is 9.71. The first-order valence-corrected chi connectivity index (χ1v) is 10.3. The minimum atomic E-state index is -0.290. The summed E-state index contributed by atoms with van der Waals surface area (Å²) in [6.07, 6.45) is 0. The second-order valence-electron chi connectivity index (χ2n) is 6.87. The number of carbonyl (C=O) groups excluding carboxylic acids is 1. The van der Waals surface area contributed by atoms with Crippen LogP contribution in [0.1, 0.15) is 26.6 Å². The Bertz CT molecular complexity index is 1040. The number of benzene rings is 1. The van der Waals surface area contributed by atoms with E-state index in [0.29, 0.717) is 29.2 Å². The van der Waals surface area contributed by atoms with E-state index >= 15 is 0 Å². The number of ether oxygens (including phenoxy) is 2. The van der Waals surface area contributed by atoms with Gasteiger partial charge in [-0.2, -0.15) is 0 Å². The molecule has 7 nitrogen and oxygen atoms in total. The summed E-state index contributed by atoms with van der Waals surface area (Å²) >= 11 is 1.41. The third-order valence-electron chi connectivity index (χ3n) is 4.53. The molecule has 0 amide bonds. The Kier molecular flexibility index (Phi) is 6.66. The fourth-order valence-electron chi connectivity index (χ4n) is 2.95. The monoisotopic (exact) mass is 415 g/mol. The maximum absolute atomic E-state index is 12.6. The zero-order valence-electron chi connectivity index (χ0n) is 17.0. The van der Waals surface area contributed by atoms with Crippen LogP contribution in [0.5, 0.6) is 5.75 Å². The molecular formula is C21H25N3O4S. The van der Waals surface area contributed by atoms with Gasteiger partial charge in [-0.25, -0.2) is 4.98 Å². The predicted molar refractivity (Wildman–Crippen MR) is 114 cm³/mol. The largest absolute Gasteiger partial charge is 0.497 e. The first-order valence-electron chi connectivity index (χ1n) is 9.48. The van der Waals surface area contributed by atoms with Gasteiger partial charge in [0.1, 0.15) is 16.3 Å². The van der Waals surface area contributed by atoms with E-state index in [-0.39, 0.29) is 24.1 Å². The van der Waals surface area contributed by atoms with E-state index in [2.05, 4.69) is 9.97 Å². The van der Waals surface area contributed by atoms with Crippen LogP contribution in [0, 0.1) is 0 Å². The normalized spacial score (nSPS) is 11.4. The molecule has 8 heteroatoms. The zero-order valence-corrected chi connectivity index (χ0v) is 17.8. The molecule has 3 aromatic rings. The molecule has 29 heavy (non-hydrogen) atoms. The van der Waals surface area contributed by atoms with E-state index in [1.807, 2.05) is 49.1 Å². The molecular weight excluding hydrogens is 390 g/mol. The third-order valence-corrected chi connectivity index (χ3v) is 5.70. The number of thiophene rings is 1. The van der Waals surface area contributed by atoms with Crippen molar-refractivity contribution in [3.05, 3.63) is 46.5 Å². The van der Waals surface area contributed by atoms with Gasteiger partial charge < -0.3 is 14.5 Å². The number of H-pyrrole nitrogens is 1. The molecule has 154 valence electrons. The van der Waals surface area contributed by atoms with Gasteiger partial charge in [0, 0.05) is 10.9 Å². The first kappa shape index (κ1) is 21.0. The molecule has 3 rings (SSSR count). The molecule has 0 aliphatic heterocycles. The Morgan fingerprint density at radius 2 is 2.00 bits per heavy atom. The molecule has 0 aliphatic carbocycles. The lowest BCUT2D eigenvalue weighted by atomic mass is 10.2. The third kappa shape index (κ3) is 5.02. The van der Waals surface area contributed by atoms with Crippen molar-refractivity contribution in [2.24, 2.45) is 0 Å². The van der Waals surface area contributed by atoms with Crippen molar-refractivity contribution < 1.29 is 14.3 Å². The minimum absolute atomic E-state index is 0.0951. The Morgan fingerprint density at radius 1 is 1.28 bits per heavy atom. The Hall–Kier alpha value is -2.71. The highest BCUT2D eigenvalue weighted by molar-refractivity contribution is 7.22. The van der Waals surface area contributed by atoms with Gasteiger partial charge in [-0.1, -0.05) is 0 Å². The average Bonchev–Trinajstić information content (AvgIpc) is 3.12. The lowest BCUT2D eigenvalue weighted by Crippen LogP contribution is -2.37. The topological polar surface area (TPSA) is 84.5 Å². The molecule has 0 radical (unpaired) electrons. The summed E-state index contributed by atoms with van der Waals surface area (Å²) in [7, 11) is 1.63. The zero-order chi connectivity index (χ0) is 21.0. The summed E-state index contributed by atoms with van der Waals surface area (Å²) in [6.45, 7) is 6.60. The van der Waals surface area contributed by atoms with Crippen molar-refractivity contribution in [2.45, 2.75) is 33.4 Å². The van der Waals surface area contributed by atoms with Crippen LogP contribution in [0.15, 0.2) is 35.1 Å². The van der Waals surface area contributed by atoms with E-state index in [0.717, 1.165) is 16.2 Å². The number of hydrogen-bond donors (Lipinski definition) is 1. The number of rotatable bonds is 8. The second-order valence-corrected chi connectivity index (χ2v) is 7.92. The summed E-state index contributed by atoms with van der Waals surface area (Å²) in [4.78, 5) is 34.8. The van der Waals surface area contributed by atoms with Gasteiger partial charge in [-0.05, 0) is 56.7 Å². The Labute approximate surface area is 173 Å². The van der Waals surface area contributed by atoms with Crippen LogP contribution in [0.3, 0.4) is 0 Å². The number of esters is 1. The van der Waals surface area contributed by atoms with Gasteiger partial charge in [0.2, 0.25) is 0 Å². The summed E-state index contributed by atoms with van der Waals surface area (Å²) in [5, 5.41) is 0. The molecule has 0 fully saturated rings. The first-order chi connectivity index (χ1) is 13.9. The van der Waals surface area contributed by atoms with Crippen molar-refractivity contribution in [1.82, 2.24) is 14.9 Å². The number of aromatic nitrogens is 2. The molecule has 0 saturated carbocycles. The van der Waals surface area contributed by atoms with Crippen LogP contribution < -0.4 is 10.3 Å². The highest BCUT2D eigenvalue weighted by Gasteiger charge is 2.18. The van der Waals surface area contributed by atoms with E-state index in [1.165, 1.54) is 11.3 Å². The number of methoxy groups -OCH3 is 1. The van der Waals surface area contributed by atoms with Gasteiger partial charge in [-0.3, -0.25) is 14.5 Å². The van der Waals surface area contributed by atoms with Crippen LogP contribution in [-0.2, 0) is 16.1 Å². The van der Waals surface area contributed by atoms with E-state index in [9.17, 15) is 9.59 Å². The number of fused-ring (bicyclic) bond motifs is 1. The quantitative estimate of drug-likeness (QED) is 0.568. The van der Waals surface area contributed by atoms with Crippen molar-refractivity contribution in [2.75, 3.05) is 20.3 Å². The van der Waals surface area contributed by atoms with Gasteiger partial charge in [0.05, 0.1) is 32.3 Å². The van der Waals surface area contributed by atoms with E-state index < -0.39 is 0 Å². The maximum Gasteiger partial charge on any atom is 0.320 e. The molecule has 0 saturated heterocycles. The molecule has 1 N–H and O–H groups in total. The molecule has 0 unspecified atom stereocenters. The van der Waals surface area contributed by atoms with Crippen LogP contribution in [0.2, 0.25) is 0 Å². The fourth-order valence-corrected chi connectivity index (χ4v) is 3.94. The number of nitrogens with zero attached hydrogens (tertiary/aromatic N) is 2. The maximum atomic E-state index is 12.6. The molecule has 2 heterocycles. The predicted octanol–water partition coefficient (Wildman–Crippen LogP) is 3.43. The van der Waals surface area contributed by atoms with Crippen molar-refractivity contribution in [3.63, 3.8) is 0 Å². The standard InChI is InChI=1S/C21H25N3O4S/c1-5-28-19(25)12-24(13(2)3)11-18-22-16-10-17(29-20(16)21(26)23-18)14-6-8-15(27-4)9-7-14/h6-10,13H,5,11-12H2,1-4H3,(H,22,23,26). The van der Waals surface area contributed by atoms with Gasteiger partial charge >= 0.3 is 5.97 Å².